The van der Waals surface area contributed by atoms with E-state index < -0.39 is 14.6 Å². The zero-order valence-corrected chi connectivity index (χ0v) is 19.3. The van der Waals surface area contributed by atoms with Gasteiger partial charge in [-0.15, -0.1) is 24.0 Å². The SMILES string of the molecule is CCNC(=NCCC(=O)NC(C)(C)C)N1CCS(=O)(=O)C(C)(C)C1.I. The predicted molar refractivity (Wildman–Crippen MR) is 113 cm³/mol. The average molecular weight is 488 g/mol. The van der Waals surface area contributed by atoms with Crippen LogP contribution < -0.4 is 10.6 Å². The molecular weight excluding hydrogens is 455 g/mol. The van der Waals surface area contributed by atoms with E-state index in [1.165, 1.54) is 0 Å². The van der Waals surface area contributed by atoms with Crippen LogP contribution in [0.1, 0.15) is 48.0 Å². The summed E-state index contributed by atoms with van der Waals surface area (Å²) in [6.07, 6.45) is 0.307. The molecule has 1 rings (SSSR count). The van der Waals surface area contributed by atoms with Crippen molar-refractivity contribution in [1.29, 1.82) is 0 Å². The first-order valence-corrected chi connectivity index (χ1v) is 10.1. The first-order chi connectivity index (χ1) is 10.9. The number of halogens is 1. The molecule has 1 heterocycles. The summed E-state index contributed by atoms with van der Waals surface area (Å²) in [5, 5.41) is 6.10. The van der Waals surface area contributed by atoms with Gasteiger partial charge in [-0.2, -0.15) is 0 Å². The van der Waals surface area contributed by atoms with Gasteiger partial charge in [0.05, 0.1) is 17.0 Å². The molecule has 0 spiro atoms. The molecule has 1 aliphatic rings. The summed E-state index contributed by atoms with van der Waals surface area (Å²) in [6.45, 7) is 13.2. The molecule has 1 aliphatic heterocycles. The highest BCUT2D eigenvalue weighted by Gasteiger charge is 2.40. The number of nitrogens with zero attached hydrogens (tertiary/aromatic N) is 2. The summed E-state index contributed by atoms with van der Waals surface area (Å²) < 4.78 is 23.5. The smallest absolute Gasteiger partial charge is 0.222 e. The van der Waals surface area contributed by atoms with Crippen molar-refractivity contribution in [3.05, 3.63) is 0 Å². The van der Waals surface area contributed by atoms with Gasteiger partial charge in [0.25, 0.3) is 0 Å². The lowest BCUT2D eigenvalue weighted by atomic mass is 10.1. The Morgan fingerprint density at radius 2 is 1.88 bits per heavy atom. The molecule has 0 aliphatic carbocycles. The molecule has 1 saturated heterocycles. The molecule has 25 heavy (non-hydrogen) atoms. The zero-order valence-electron chi connectivity index (χ0n) is 16.2. The lowest BCUT2D eigenvalue weighted by Gasteiger charge is -2.39. The van der Waals surface area contributed by atoms with Crippen molar-refractivity contribution in [3.63, 3.8) is 0 Å². The van der Waals surface area contributed by atoms with E-state index in [9.17, 15) is 13.2 Å². The van der Waals surface area contributed by atoms with Crippen LogP contribution >= 0.6 is 24.0 Å². The van der Waals surface area contributed by atoms with Gasteiger partial charge < -0.3 is 15.5 Å². The molecule has 1 amide bonds. The zero-order chi connectivity index (χ0) is 18.6. The van der Waals surface area contributed by atoms with E-state index in [-0.39, 0.29) is 41.2 Å². The second kappa shape index (κ2) is 9.38. The summed E-state index contributed by atoms with van der Waals surface area (Å²) in [5.41, 5.74) is -0.253. The van der Waals surface area contributed by atoms with E-state index in [1.807, 2.05) is 32.6 Å². The van der Waals surface area contributed by atoms with Crippen LogP contribution in [0.3, 0.4) is 0 Å². The molecule has 0 aromatic heterocycles. The van der Waals surface area contributed by atoms with Crippen LogP contribution in [0.2, 0.25) is 0 Å². The van der Waals surface area contributed by atoms with Crippen LogP contribution in [-0.4, -0.2) is 67.4 Å². The van der Waals surface area contributed by atoms with Crippen molar-refractivity contribution in [3.8, 4) is 0 Å². The number of rotatable bonds is 4. The van der Waals surface area contributed by atoms with E-state index in [4.69, 9.17) is 0 Å². The number of hydrogen-bond acceptors (Lipinski definition) is 4. The molecule has 0 bridgehead atoms. The van der Waals surface area contributed by atoms with Crippen molar-refractivity contribution >= 4 is 45.7 Å². The van der Waals surface area contributed by atoms with Crippen molar-refractivity contribution < 1.29 is 13.2 Å². The highest BCUT2D eigenvalue weighted by atomic mass is 127. The van der Waals surface area contributed by atoms with Crippen molar-refractivity contribution in [1.82, 2.24) is 15.5 Å². The molecule has 0 aromatic rings. The van der Waals surface area contributed by atoms with Crippen molar-refractivity contribution in [2.45, 2.75) is 58.2 Å². The number of carbonyl (C=O) groups is 1. The Morgan fingerprint density at radius 3 is 2.36 bits per heavy atom. The van der Waals surface area contributed by atoms with Gasteiger partial charge in [-0.1, -0.05) is 0 Å². The fraction of sp³-hybridized carbons (Fsp3) is 0.875. The minimum Gasteiger partial charge on any atom is -0.357 e. The molecular formula is C16H33IN4O3S. The quantitative estimate of drug-likeness (QED) is 0.355. The minimum absolute atomic E-state index is 0. The molecule has 0 atom stereocenters. The van der Waals surface area contributed by atoms with E-state index in [0.29, 0.717) is 38.6 Å². The molecule has 0 saturated carbocycles. The second-order valence-electron chi connectivity index (χ2n) is 7.78. The number of nitrogens with one attached hydrogen (secondary N) is 2. The van der Waals surface area contributed by atoms with Gasteiger partial charge >= 0.3 is 0 Å². The fourth-order valence-electron chi connectivity index (χ4n) is 2.49. The third-order valence-corrected chi connectivity index (χ3v) is 6.33. The van der Waals surface area contributed by atoms with E-state index >= 15 is 0 Å². The summed E-state index contributed by atoms with van der Waals surface area (Å²) in [7, 11) is -3.09. The lowest BCUT2D eigenvalue weighted by Crippen LogP contribution is -2.57. The maximum Gasteiger partial charge on any atom is 0.222 e. The predicted octanol–water partition coefficient (Wildman–Crippen LogP) is 1.38. The summed E-state index contributed by atoms with van der Waals surface area (Å²) in [4.78, 5) is 18.3. The third kappa shape index (κ3) is 7.67. The average Bonchev–Trinajstić information content (AvgIpc) is 2.39. The van der Waals surface area contributed by atoms with Crippen LogP contribution in [0.5, 0.6) is 0 Å². The van der Waals surface area contributed by atoms with E-state index in [1.54, 1.807) is 13.8 Å². The molecule has 0 radical (unpaired) electrons. The Hall–Kier alpha value is -0.580. The van der Waals surface area contributed by atoms with Gasteiger partial charge in [-0.25, -0.2) is 8.42 Å². The maximum atomic E-state index is 12.1. The van der Waals surface area contributed by atoms with E-state index in [2.05, 4.69) is 15.6 Å². The van der Waals surface area contributed by atoms with Crippen LogP contribution in [0.25, 0.3) is 0 Å². The molecule has 1 fully saturated rings. The molecule has 148 valence electrons. The molecule has 9 heteroatoms. The van der Waals surface area contributed by atoms with Crippen LogP contribution in [0, 0.1) is 0 Å². The Kier molecular flexibility index (Phi) is 9.17. The first kappa shape index (κ1) is 24.4. The van der Waals surface area contributed by atoms with Gasteiger partial charge in [0, 0.05) is 31.6 Å². The van der Waals surface area contributed by atoms with Crippen molar-refractivity contribution in [2.24, 2.45) is 4.99 Å². The van der Waals surface area contributed by atoms with Crippen LogP contribution in [0.4, 0.5) is 0 Å². The highest BCUT2D eigenvalue weighted by molar-refractivity contribution is 14.0. The third-order valence-electron chi connectivity index (χ3n) is 3.79. The molecule has 0 aromatic carbocycles. The largest absolute Gasteiger partial charge is 0.357 e. The monoisotopic (exact) mass is 488 g/mol. The number of guanidine groups is 1. The Labute approximate surface area is 169 Å². The van der Waals surface area contributed by atoms with E-state index in [0.717, 1.165) is 0 Å². The maximum absolute atomic E-state index is 12.1. The Bertz CT molecular complexity index is 583. The molecule has 2 N–H and O–H groups in total. The molecule has 7 nitrogen and oxygen atoms in total. The Morgan fingerprint density at radius 1 is 1.28 bits per heavy atom. The minimum atomic E-state index is -3.09. The number of hydrogen-bond donors (Lipinski definition) is 2. The number of amides is 1. The van der Waals surface area contributed by atoms with Crippen LogP contribution in [-0.2, 0) is 14.6 Å². The number of carbonyl (C=O) groups excluding carboxylic acids is 1. The summed E-state index contributed by atoms with van der Waals surface area (Å²) >= 11 is 0. The van der Waals surface area contributed by atoms with Crippen molar-refractivity contribution in [2.75, 3.05) is 31.9 Å². The van der Waals surface area contributed by atoms with Gasteiger partial charge in [0.2, 0.25) is 5.91 Å². The summed E-state index contributed by atoms with van der Waals surface area (Å²) in [5.74, 6) is 0.752. The standard InChI is InChI=1S/C16H32N4O3S.HI/c1-7-17-14(18-9-8-13(21)19-15(2,3)4)20-10-11-24(22,23)16(5,6)12-20;/h7-12H2,1-6H3,(H,17,18)(H,19,21);1H. The van der Waals surface area contributed by atoms with Crippen LogP contribution in [0.15, 0.2) is 4.99 Å². The first-order valence-electron chi connectivity index (χ1n) is 8.44. The number of sulfone groups is 1. The van der Waals surface area contributed by atoms with Gasteiger partial charge in [0.15, 0.2) is 15.8 Å². The normalized spacial score (nSPS) is 19.8. The van der Waals surface area contributed by atoms with Gasteiger partial charge in [-0.3, -0.25) is 9.79 Å². The second-order valence-corrected chi connectivity index (χ2v) is 10.5. The molecule has 0 unspecified atom stereocenters. The van der Waals surface area contributed by atoms with Gasteiger partial charge in [-0.05, 0) is 41.5 Å². The highest BCUT2D eigenvalue weighted by Crippen LogP contribution is 2.23. The topological polar surface area (TPSA) is 90.9 Å². The summed E-state index contributed by atoms with van der Waals surface area (Å²) in [6, 6.07) is 0. The number of aliphatic imine (C=N–C) groups is 1. The fourth-order valence-corrected chi connectivity index (χ4v) is 3.86. The Balaban J connectivity index is 0.00000576. The lowest BCUT2D eigenvalue weighted by molar-refractivity contribution is -0.122. The van der Waals surface area contributed by atoms with Gasteiger partial charge in [0.1, 0.15) is 0 Å².